The number of rotatable bonds is 8. The van der Waals surface area contributed by atoms with E-state index in [1.807, 2.05) is 23.5 Å². The molecule has 1 saturated heterocycles. The van der Waals surface area contributed by atoms with Gasteiger partial charge in [0.2, 0.25) is 0 Å². The van der Waals surface area contributed by atoms with E-state index in [4.69, 9.17) is 4.74 Å². The number of benzene rings is 4. The average molecular weight is 470 g/mol. The van der Waals surface area contributed by atoms with E-state index in [-0.39, 0.29) is 0 Å². The van der Waals surface area contributed by atoms with Gasteiger partial charge in [0.25, 0.3) is 0 Å². The SMILES string of the molecule is COc1ccc(N2C[C@@H](c3ccccc3)[C@H]2C(Sc2ccccc2)Sc2ccccc2)cc1. The molecule has 5 rings (SSSR count). The van der Waals surface area contributed by atoms with Crippen LogP contribution in [0.1, 0.15) is 11.5 Å². The molecule has 4 aromatic carbocycles. The summed E-state index contributed by atoms with van der Waals surface area (Å²) < 4.78 is 5.73. The second-order valence-electron chi connectivity index (χ2n) is 8.09. The Hall–Kier alpha value is -2.82. The Morgan fingerprint density at radius 1 is 0.697 bits per heavy atom. The van der Waals surface area contributed by atoms with Gasteiger partial charge in [-0.05, 0) is 54.1 Å². The summed E-state index contributed by atoms with van der Waals surface area (Å²) in [5.74, 6) is 1.37. The molecule has 0 saturated carbocycles. The van der Waals surface area contributed by atoms with Crippen LogP contribution in [0.15, 0.2) is 125 Å². The molecule has 0 spiro atoms. The molecule has 4 heteroatoms. The standard InChI is InChI=1S/C29H27NOS2/c1-31-24-19-17-23(18-20-24)30-21-27(22-11-5-2-6-12-22)28(30)29(32-25-13-7-3-8-14-25)33-26-15-9-4-10-16-26/h2-20,27-29H,21H2,1H3/t27-,28-/m0/s1. The topological polar surface area (TPSA) is 12.5 Å². The first-order chi connectivity index (χ1) is 16.3. The molecule has 0 unspecified atom stereocenters. The minimum atomic E-state index is 0.329. The van der Waals surface area contributed by atoms with Gasteiger partial charge in [-0.1, -0.05) is 66.7 Å². The summed E-state index contributed by atoms with van der Waals surface area (Å²) in [5.41, 5.74) is 2.67. The third-order valence-electron chi connectivity index (χ3n) is 6.07. The lowest BCUT2D eigenvalue weighted by molar-refractivity contribution is 0.400. The Bertz CT molecular complexity index is 1100. The zero-order valence-corrected chi connectivity index (χ0v) is 20.2. The van der Waals surface area contributed by atoms with E-state index < -0.39 is 0 Å². The minimum Gasteiger partial charge on any atom is -0.497 e. The highest BCUT2D eigenvalue weighted by Gasteiger charge is 2.45. The number of hydrogen-bond acceptors (Lipinski definition) is 4. The molecule has 33 heavy (non-hydrogen) atoms. The number of hydrogen-bond donors (Lipinski definition) is 0. The maximum absolute atomic E-state index is 5.40. The van der Waals surface area contributed by atoms with Crippen molar-refractivity contribution in [2.75, 3.05) is 18.6 Å². The van der Waals surface area contributed by atoms with Crippen LogP contribution in [-0.4, -0.2) is 24.3 Å². The van der Waals surface area contributed by atoms with E-state index in [1.54, 1.807) is 7.11 Å². The molecule has 0 radical (unpaired) electrons. The quantitative estimate of drug-likeness (QED) is 0.195. The summed E-state index contributed by atoms with van der Waals surface area (Å²) in [6, 6.07) is 41.4. The predicted molar refractivity (Wildman–Crippen MR) is 142 cm³/mol. The van der Waals surface area contributed by atoms with Crippen molar-refractivity contribution in [3.05, 3.63) is 121 Å². The fourth-order valence-corrected chi connectivity index (χ4v) is 7.32. The number of methoxy groups -OCH3 is 1. The molecule has 0 aliphatic carbocycles. The second-order valence-corrected chi connectivity index (χ2v) is 10.8. The van der Waals surface area contributed by atoms with Crippen molar-refractivity contribution in [2.45, 2.75) is 26.3 Å². The van der Waals surface area contributed by atoms with Gasteiger partial charge in [-0.25, -0.2) is 0 Å². The third kappa shape index (κ3) is 5.07. The van der Waals surface area contributed by atoms with Crippen LogP contribution < -0.4 is 9.64 Å². The van der Waals surface area contributed by atoms with Crippen LogP contribution in [0.5, 0.6) is 5.75 Å². The van der Waals surface area contributed by atoms with Gasteiger partial charge in [0, 0.05) is 27.9 Å². The predicted octanol–water partition coefficient (Wildman–Crippen LogP) is 7.58. The lowest BCUT2D eigenvalue weighted by Crippen LogP contribution is -2.59. The van der Waals surface area contributed by atoms with Crippen LogP contribution in [-0.2, 0) is 0 Å². The van der Waals surface area contributed by atoms with Crippen LogP contribution in [0.2, 0.25) is 0 Å². The zero-order valence-electron chi connectivity index (χ0n) is 18.6. The van der Waals surface area contributed by atoms with Crippen molar-refractivity contribution in [3.8, 4) is 5.75 Å². The summed E-state index contributed by atoms with van der Waals surface area (Å²) >= 11 is 3.94. The van der Waals surface area contributed by atoms with E-state index in [0.29, 0.717) is 16.5 Å². The Balaban J connectivity index is 1.51. The van der Waals surface area contributed by atoms with E-state index in [0.717, 1.165) is 12.3 Å². The molecule has 0 bridgehead atoms. The average Bonchev–Trinajstić information content (AvgIpc) is 2.86. The van der Waals surface area contributed by atoms with Crippen LogP contribution in [0.3, 0.4) is 0 Å². The third-order valence-corrected chi connectivity index (χ3v) is 8.76. The summed E-state index contributed by atoms with van der Waals surface area (Å²) in [4.78, 5) is 5.17. The fraction of sp³-hybridized carbons (Fsp3) is 0.172. The molecule has 1 heterocycles. The number of ether oxygens (including phenoxy) is 1. The van der Waals surface area contributed by atoms with Crippen LogP contribution in [0.4, 0.5) is 5.69 Å². The maximum Gasteiger partial charge on any atom is 0.119 e. The summed E-state index contributed by atoms with van der Waals surface area (Å²) in [6.07, 6.45) is 0. The highest BCUT2D eigenvalue weighted by atomic mass is 32.2. The van der Waals surface area contributed by atoms with Crippen molar-refractivity contribution in [1.82, 2.24) is 0 Å². The molecule has 0 amide bonds. The van der Waals surface area contributed by atoms with E-state index in [9.17, 15) is 0 Å². The Morgan fingerprint density at radius 2 is 1.21 bits per heavy atom. The minimum absolute atomic E-state index is 0.329. The van der Waals surface area contributed by atoms with Crippen LogP contribution >= 0.6 is 23.5 Å². The summed E-state index contributed by atoms with van der Waals surface area (Å²) in [6.45, 7) is 1.02. The Labute approximate surface area is 205 Å². The fourth-order valence-electron chi connectivity index (χ4n) is 4.34. The monoisotopic (exact) mass is 469 g/mol. The summed E-state index contributed by atoms with van der Waals surface area (Å²) in [7, 11) is 1.72. The number of thioether (sulfide) groups is 2. The van der Waals surface area contributed by atoms with Gasteiger partial charge >= 0.3 is 0 Å². The van der Waals surface area contributed by atoms with E-state index in [1.165, 1.54) is 21.0 Å². The molecule has 1 aliphatic heterocycles. The first-order valence-corrected chi connectivity index (χ1v) is 13.0. The van der Waals surface area contributed by atoms with Gasteiger partial charge in [0.05, 0.1) is 17.7 Å². The number of nitrogens with zero attached hydrogens (tertiary/aromatic N) is 1. The number of anilines is 1. The van der Waals surface area contributed by atoms with E-state index >= 15 is 0 Å². The van der Waals surface area contributed by atoms with Gasteiger partial charge in [-0.2, -0.15) is 0 Å². The first-order valence-electron chi connectivity index (χ1n) is 11.2. The smallest absolute Gasteiger partial charge is 0.119 e. The van der Waals surface area contributed by atoms with Crippen molar-refractivity contribution in [3.63, 3.8) is 0 Å². The molecule has 4 aromatic rings. The Morgan fingerprint density at radius 3 is 1.73 bits per heavy atom. The highest BCUT2D eigenvalue weighted by Crippen LogP contribution is 2.49. The van der Waals surface area contributed by atoms with Crippen molar-refractivity contribution < 1.29 is 4.74 Å². The van der Waals surface area contributed by atoms with Crippen LogP contribution in [0, 0.1) is 0 Å². The molecule has 166 valence electrons. The molecule has 0 aromatic heterocycles. The molecule has 2 nitrogen and oxygen atoms in total. The molecular formula is C29H27NOS2. The van der Waals surface area contributed by atoms with Crippen molar-refractivity contribution >= 4 is 29.2 Å². The van der Waals surface area contributed by atoms with Crippen molar-refractivity contribution in [1.29, 1.82) is 0 Å². The van der Waals surface area contributed by atoms with Gasteiger partial charge < -0.3 is 9.64 Å². The van der Waals surface area contributed by atoms with Gasteiger partial charge in [0.15, 0.2) is 0 Å². The Kier molecular flexibility index (Phi) is 6.94. The lowest BCUT2D eigenvalue weighted by atomic mass is 9.83. The van der Waals surface area contributed by atoms with Gasteiger partial charge in [-0.3, -0.25) is 0 Å². The van der Waals surface area contributed by atoms with Crippen molar-refractivity contribution in [2.24, 2.45) is 0 Å². The molecule has 0 N–H and O–H groups in total. The zero-order chi connectivity index (χ0) is 22.5. The largest absolute Gasteiger partial charge is 0.497 e. The molecule has 1 fully saturated rings. The normalized spacial score (nSPS) is 17.6. The van der Waals surface area contributed by atoms with Gasteiger partial charge in [-0.15, -0.1) is 23.5 Å². The molecule has 2 atom stereocenters. The molecule has 1 aliphatic rings. The maximum atomic E-state index is 5.40. The lowest BCUT2D eigenvalue weighted by Gasteiger charge is -2.53. The highest BCUT2D eigenvalue weighted by molar-refractivity contribution is 8.17. The van der Waals surface area contributed by atoms with Crippen LogP contribution in [0.25, 0.3) is 0 Å². The second kappa shape index (κ2) is 10.4. The van der Waals surface area contributed by atoms with E-state index in [2.05, 4.69) is 120 Å². The first kappa shape index (κ1) is 22.0. The van der Waals surface area contributed by atoms with Gasteiger partial charge in [0.1, 0.15) is 5.75 Å². The molecular weight excluding hydrogens is 442 g/mol. The summed E-state index contributed by atoms with van der Waals surface area (Å²) in [5, 5.41) is 0.